The number of carbonyl (C=O) groups excluding carboxylic acids is 2. The molecule has 0 unspecified atom stereocenters. The summed E-state index contributed by atoms with van der Waals surface area (Å²) < 4.78 is 16.2. The number of esters is 1. The first-order chi connectivity index (χ1) is 13.1. The van der Waals surface area contributed by atoms with Crippen LogP contribution in [0.2, 0.25) is 0 Å². The zero-order valence-electron chi connectivity index (χ0n) is 14.9. The van der Waals surface area contributed by atoms with Gasteiger partial charge in [-0.2, -0.15) is 0 Å². The number of hydrogen-bond donors (Lipinski definition) is 1. The molecule has 0 saturated carbocycles. The second kappa shape index (κ2) is 8.50. The number of methoxy groups -OCH3 is 2. The fourth-order valence-corrected chi connectivity index (χ4v) is 3.30. The van der Waals surface area contributed by atoms with Crippen LogP contribution in [0.3, 0.4) is 0 Å². The van der Waals surface area contributed by atoms with E-state index in [1.54, 1.807) is 44.6 Å². The zero-order valence-corrected chi connectivity index (χ0v) is 15.7. The summed E-state index contributed by atoms with van der Waals surface area (Å²) in [5, 5.41) is 3.07. The van der Waals surface area contributed by atoms with E-state index in [9.17, 15) is 9.59 Å². The van der Waals surface area contributed by atoms with Gasteiger partial charge < -0.3 is 14.2 Å². The maximum atomic E-state index is 12.0. The van der Waals surface area contributed by atoms with Gasteiger partial charge in [-0.3, -0.25) is 14.9 Å². The molecule has 0 fully saturated rings. The molecule has 0 aliphatic rings. The lowest BCUT2D eigenvalue weighted by atomic mass is 10.1. The summed E-state index contributed by atoms with van der Waals surface area (Å²) in [6.45, 7) is -0.373. The first-order valence-corrected chi connectivity index (χ1v) is 8.92. The van der Waals surface area contributed by atoms with Crippen LogP contribution in [-0.4, -0.2) is 37.7 Å². The molecule has 2 aromatic carbocycles. The quantitative estimate of drug-likeness (QED) is 0.628. The first kappa shape index (κ1) is 18.7. The van der Waals surface area contributed by atoms with Crippen LogP contribution < -0.4 is 14.8 Å². The summed E-state index contributed by atoms with van der Waals surface area (Å²) in [7, 11) is 3.14. The van der Waals surface area contributed by atoms with Crippen molar-refractivity contribution in [3.05, 3.63) is 48.0 Å². The Kier molecular flexibility index (Phi) is 5.87. The van der Waals surface area contributed by atoms with E-state index in [1.165, 1.54) is 11.3 Å². The van der Waals surface area contributed by atoms with Gasteiger partial charge in [0.25, 0.3) is 5.91 Å². The SMILES string of the molecule is COc1cccc(CC(=O)OCC(=O)Nc2nc3ccc(OC)cc3s2)c1. The summed E-state index contributed by atoms with van der Waals surface area (Å²) in [5.74, 6) is 0.438. The first-order valence-electron chi connectivity index (χ1n) is 8.10. The van der Waals surface area contributed by atoms with E-state index in [0.29, 0.717) is 10.9 Å². The van der Waals surface area contributed by atoms with Gasteiger partial charge in [0.05, 0.1) is 30.9 Å². The molecule has 3 aromatic rings. The van der Waals surface area contributed by atoms with Crippen molar-refractivity contribution in [3.63, 3.8) is 0 Å². The Bertz CT molecular complexity index is 970. The third kappa shape index (κ3) is 4.95. The highest BCUT2D eigenvalue weighted by atomic mass is 32.1. The summed E-state index contributed by atoms with van der Waals surface area (Å²) >= 11 is 1.32. The van der Waals surface area contributed by atoms with Crippen molar-refractivity contribution in [1.82, 2.24) is 4.98 Å². The number of hydrogen-bond acceptors (Lipinski definition) is 7. The third-order valence-electron chi connectivity index (χ3n) is 3.69. The fourth-order valence-electron chi connectivity index (χ4n) is 2.39. The normalized spacial score (nSPS) is 10.4. The average Bonchev–Trinajstić information content (AvgIpc) is 3.07. The average molecular weight is 386 g/mol. The Morgan fingerprint density at radius 2 is 1.85 bits per heavy atom. The topological polar surface area (TPSA) is 86.8 Å². The number of amides is 1. The van der Waals surface area contributed by atoms with Crippen LogP contribution in [0.5, 0.6) is 11.5 Å². The summed E-state index contributed by atoms with van der Waals surface area (Å²) in [4.78, 5) is 28.2. The van der Waals surface area contributed by atoms with Crippen molar-refractivity contribution in [2.75, 3.05) is 26.1 Å². The second-order valence-corrected chi connectivity index (χ2v) is 6.62. The Labute approximate surface area is 159 Å². The van der Waals surface area contributed by atoms with Crippen molar-refractivity contribution in [2.45, 2.75) is 6.42 Å². The number of anilines is 1. The van der Waals surface area contributed by atoms with E-state index >= 15 is 0 Å². The predicted molar refractivity (Wildman–Crippen MR) is 102 cm³/mol. The van der Waals surface area contributed by atoms with Crippen LogP contribution in [0, 0.1) is 0 Å². The highest BCUT2D eigenvalue weighted by Crippen LogP contribution is 2.29. The number of nitrogens with one attached hydrogen (secondary N) is 1. The molecular formula is C19H18N2O5S. The minimum absolute atomic E-state index is 0.0609. The second-order valence-electron chi connectivity index (χ2n) is 5.59. The third-order valence-corrected chi connectivity index (χ3v) is 4.62. The number of carbonyl (C=O) groups is 2. The van der Waals surface area contributed by atoms with Crippen LogP contribution in [-0.2, 0) is 20.7 Å². The molecule has 1 amide bonds. The maximum absolute atomic E-state index is 12.0. The monoisotopic (exact) mass is 386 g/mol. The standard InChI is InChI=1S/C19H18N2O5S/c1-24-13-5-3-4-12(8-13)9-18(23)26-11-17(22)21-19-20-15-7-6-14(25-2)10-16(15)27-19/h3-8,10H,9,11H2,1-2H3,(H,20,21,22). The smallest absolute Gasteiger partial charge is 0.310 e. The van der Waals surface area contributed by atoms with Gasteiger partial charge in [-0.25, -0.2) is 4.98 Å². The van der Waals surface area contributed by atoms with Gasteiger partial charge in [-0.15, -0.1) is 0 Å². The minimum Gasteiger partial charge on any atom is -0.497 e. The summed E-state index contributed by atoms with van der Waals surface area (Å²) in [5.41, 5.74) is 1.51. The Hall–Kier alpha value is -3.13. The maximum Gasteiger partial charge on any atom is 0.310 e. The van der Waals surface area contributed by atoms with Gasteiger partial charge in [0.15, 0.2) is 11.7 Å². The fraction of sp³-hybridized carbons (Fsp3) is 0.211. The Balaban J connectivity index is 1.52. The zero-order chi connectivity index (χ0) is 19.2. The molecule has 0 atom stereocenters. The van der Waals surface area contributed by atoms with Gasteiger partial charge in [0.2, 0.25) is 0 Å². The van der Waals surface area contributed by atoms with E-state index in [1.807, 2.05) is 12.1 Å². The number of ether oxygens (including phenoxy) is 3. The molecule has 7 nitrogen and oxygen atoms in total. The van der Waals surface area contributed by atoms with Gasteiger partial charge >= 0.3 is 5.97 Å². The van der Waals surface area contributed by atoms with Crippen LogP contribution in [0.15, 0.2) is 42.5 Å². The molecule has 0 radical (unpaired) electrons. The molecule has 3 rings (SSSR count). The lowest BCUT2D eigenvalue weighted by Crippen LogP contribution is -2.21. The largest absolute Gasteiger partial charge is 0.497 e. The molecule has 0 spiro atoms. The van der Waals surface area contributed by atoms with Crippen molar-refractivity contribution >= 4 is 38.6 Å². The van der Waals surface area contributed by atoms with E-state index in [4.69, 9.17) is 14.2 Å². The molecule has 0 saturated heterocycles. The number of rotatable bonds is 7. The van der Waals surface area contributed by atoms with Crippen molar-refractivity contribution in [1.29, 1.82) is 0 Å². The molecule has 27 heavy (non-hydrogen) atoms. The molecular weight excluding hydrogens is 368 g/mol. The number of thiazole rings is 1. The number of aromatic nitrogens is 1. The molecule has 0 bridgehead atoms. The van der Waals surface area contributed by atoms with Crippen molar-refractivity contribution in [2.24, 2.45) is 0 Å². The Morgan fingerprint density at radius 1 is 1.07 bits per heavy atom. The van der Waals surface area contributed by atoms with Crippen LogP contribution in [0.1, 0.15) is 5.56 Å². The summed E-state index contributed by atoms with van der Waals surface area (Å²) in [6.07, 6.45) is 0.0609. The molecule has 1 N–H and O–H groups in total. The summed E-state index contributed by atoms with van der Waals surface area (Å²) in [6, 6.07) is 12.6. The van der Waals surface area contributed by atoms with E-state index < -0.39 is 11.9 Å². The molecule has 0 aliphatic carbocycles. The Morgan fingerprint density at radius 3 is 2.63 bits per heavy atom. The van der Waals surface area contributed by atoms with E-state index in [0.717, 1.165) is 21.5 Å². The highest BCUT2D eigenvalue weighted by Gasteiger charge is 2.12. The van der Waals surface area contributed by atoms with E-state index in [-0.39, 0.29) is 13.0 Å². The van der Waals surface area contributed by atoms with Crippen LogP contribution in [0.25, 0.3) is 10.2 Å². The van der Waals surface area contributed by atoms with Gasteiger partial charge in [-0.1, -0.05) is 23.5 Å². The highest BCUT2D eigenvalue weighted by molar-refractivity contribution is 7.22. The predicted octanol–water partition coefficient (Wildman–Crippen LogP) is 3.04. The minimum atomic E-state index is -0.493. The molecule has 8 heteroatoms. The van der Waals surface area contributed by atoms with Gasteiger partial charge in [0.1, 0.15) is 11.5 Å². The van der Waals surface area contributed by atoms with Gasteiger partial charge in [0, 0.05) is 0 Å². The van der Waals surface area contributed by atoms with Crippen LogP contribution in [0.4, 0.5) is 5.13 Å². The van der Waals surface area contributed by atoms with E-state index in [2.05, 4.69) is 10.3 Å². The molecule has 1 aromatic heterocycles. The van der Waals surface area contributed by atoms with Crippen molar-refractivity contribution in [3.8, 4) is 11.5 Å². The van der Waals surface area contributed by atoms with Gasteiger partial charge in [-0.05, 0) is 35.9 Å². The number of nitrogens with zero attached hydrogens (tertiary/aromatic N) is 1. The number of fused-ring (bicyclic) bond motifs is 1. The van der Waals surface area contributed by atoms with Crippen molar-refractivity contribution < 1.29 is 23.8 Å². The lowest BCUT2D eigenvalue weighted by molar-refractivity contribution is -0.146. The lowest BCUT2D eigenvalue weighted by Gasteiger charge is -2.06. The molecule has 140 valence electrons. The molecule has 1 heterocycles. The molecule has 0 aliphatic heterocycles. The van der Waals surface area contributed by atoms with Crippen LogP contribution >= 0.6 is 11.3 Å². The number of benzene rings is 2.